The summed E-state index contributed by atoms with van der Waals surface area (Å²) in [7, 11) is 0. The molecule has 0 radical (unpaired) electrons. The van der Waals surface area contributed by atoms with Gasteiger partial charge in [0.15, 0.2) is 0 Å². The zero-order chi connectivity index (χ0) is 14.0. The van der Waals surface area contributed by atoms with E-state index in [2.05, 4.69) is 10.3 Å². The Balaban J connectivity index is 2.28. The second-order valence-electron chi connectivity index (χ2n) is 4.30. The molecule has 1 atom stereocenters. The van der Waals surface area contributed by atoms with Gasteiger partial charge in [0.1, 0.15) is 11.9 Å². The zero-order valence-corrected chi connectivity index (χ0v) is 10.2. The van der Waals surface area contributed by atoms with E-state index in [-0.39, 0.29) is 12.2 Å². The van der Waals surface area contributed by atoms with Gasteiger partial charge in [-0.1, -0.05) is 0 Å². The van der Waals surface area contributed by atoms with Crippen molar-refractivity contribution in [2.75, 3.05) is 0 Å². The number of halogens is 1. The van der Waals surface area contributed by atoms with Crippen LogP contribution >= 0.6 is 0 Å². The highest BCUT2D eigenvalue weighted by Crippen LogP contribution is 2.20. The number of hydrogen-bond donors (Lipinski definition) is 3. The van der Waals surface area contributed by atoms with Crippen LogP contribution in [0.15, 0.2) is 24.4 Å². The number of hydrogen-bond acceptors (Lipinski definition) is 2. The molecular weight excluding hydrogens is 251 g/mol. The molecule has 2 aromatic rings. The quantitative estimate of drug-likeness (QED) is 0.781. The minimum absolute atomic E-state index is 0.139. The summed E-state index contributed by atoms with van der Waals surface area (Å²) in [6, 6.07) is 3.24. The van der Waals surface area contributed by atoms with Crippen LogP contribution in [0.25, 0.3) is 10.9 Å². The predicted molar refractivity (Wildman–Crippen MR) is 67.2 cm³/mol. The standard InChI is InChI=1S/C13H13FN2O3/c1-7(17)16-12(13(18)19)4-8-6-15-11-5-9(14)2-3-10(8)11/h2-3,5-6,12,15H,4H2,1H3,(H,16,17)(H,18,19)/t12-/m0/s1. The van der Waals surface area contributed by atoms with Gasteiger partial charge < -0.3 is 15.4 Å². The molecule has 0 bridgehead atoms. The van der Waals surface area contributed by atoms with E-state index in [0.717, 1.165) is 10.9 Å². The molecule has 0 aliphatic heterocycles. The van der Waals surface area contributed by atoms with Crippen molar-refractivity contribution < 1.29 is 19.1 Å². The van der Waals surface area contributed by atoms with Crippen LogP contribution in [0.2, 0.25) is 0 Å². The number of aromatic amines is 1. The van der Waals surface area contributed by atoms with Crippen LogP contribution in [0, 0.1) is 5.82 Å². The Morgan fingerprint density at radius 3 is 2.84 bits per heavy atom. The van der Waals surface area contributed by atoms with Crippen molar-refractivity contribution in [3.63, 3.8) is 0 Å². The minimum Gasteiger partial charge on any atom is -0.480 e. The second-order valence-corrected chi connectivity index (χ2v) is 4.30. The number of aromatic nitrogens is 1. The van der Waals surface area contributed by atoms with E-state index in [1.807, 2.05) is 0 Å². The zero-order valence-electron chi connectivity index (χ0n) is 10.2. The van der Waals surface area contributed by atoms with Crippen LogP contribution in [-0.4, -0.2) is 28.0 Å². The van der Waals surface area contributed by atoms with Crippen molar-refractivity contribution in [3.05, 3.63) is 35.8 Å². The fourth-order valence-electron chi connectivity index (χ4n) is 1.99. The number of amides is 1. The van der Waals surface area contributed by atoms with Gasteiger partial charge in [-0.05, 0) is 23.8 Å². The van der Waals surface area contributed by atoms with Gasteiger partial charge in [-0.15, -0.1) is 0 Å². The molecule has 2 rings (SSSR count). The molecule has 0 aliphatic rings. The van der Waals surface area contributed by atoms with Gasteiger partial charge in [-0.2, -0.15) is 0 Å². The molecule has 0 fully saturated rings. The number of carboxylic acid groups (broad SMARTS) is 1. The molecule has 3 N–H and O–H groups in total. The fraction of sp³-hybridized carbons (Fsp3) is 0.231. The first-order valence-corrected chi connectivity index (χ1v) is 5.73. The van der Waals surface area contributed by atoms with Crippen LogP contribution in [-0.2, 0) is 16.0 Å². The first-order chi connectivity index (χ1) is 8.97. The summed E-state index contributed by atoms with van der Waals surface area (Å²) in [5, 5.41) is 12.2. The maximum atomic E-state index is 13.0. The van der Waals surface area contributed by atoms with Gasteiger partial charge in [0, 0.05) is 30.4 Å². The molecule has 6 heteroatoms. The minimum atomic E-state index is -1.10. The van der Waals surface area contributed by atoms with E-state index in [9.17, 15) is 14.0 Å². The molecule has 19 heavy (non-hydrogen) atoms. The van der Waals surface area contributed by atoms with Crippen molar-refractivity contribution in [2.24, 2.45) is 0 Å². The van der Waals surface area contributed by atoms with Crippen LogP contribution in [0.4, 0.5) is 4.39 Å². The van der Waals surface area contributed by atoms with E-state index >= 15 is 0 Å². The number of rotatable bonds is 4. The highest BCUT2D eigenvalue weighted by Gasteiger charge is 2.20. The Morgan fingerprint density at radius 2 is 2.21 bits per heavy atom. The van der Waals surface area contributed by atoms with E-state index in [1.165, 1.54) is 19.1 Å². The summed E-state index contributed by atoms with van der Waals surface area (Å²) in [4.78, 5) is 24.9. The second kappa shape index (κ2) is 5.09. The molecule has 1 aromatic heterocycles. The summed E-state index contributed by atoms with van der Waals surface area (Å²) in [6.45, 7) is 1.26. The number of benzene rings is 1. The predicted octanol–water partition coefficient (Wildman–Crippen LogP) is 1.44. The lowest BCUT2D eigenvalue weighted by Gasteiger charge is -2.12. The lowest BCUT2D eigenvalue weighted by molar-refractivity contribution is -0.141. The first kappa shape index (κ1) is 13.1. The monoisotopic (exact) mass is 264 g/mol. The highest BCUT2D eigenvalue weighted by molar-refractivity contribution is 5.86. The maximum Gasteiger partial charge on any atom is 0.326 e. The average Bonchev–Trinajstić information content (AvgIpc) is 2.70. The van der Waals surface area contributed by atoms with Crippen molar-refractivity contribution in [1.29, 1.82) is 0 Å². The number of nitrogens with one attached hydrogen (secondary N) is 2. The number of carboxylic acids is 1. The van der Waals surface area contributed by atoms with Gasteiger partial charge in [0.05, 0.1) is 0 Å². The van der Waals surface area contributed by atoms with Crippen LogP contribution in [0.1, 0.15) is 12.5 Å². The van der Waals surface area contributed by atoms with Crippen LogP contribution in [0.3, 0.4) is 0 Å². The number of carbonyl (C=O) groups is 2. The molecule has 0 saturated heterocycles. The van der Waals surface area contributed by atoms with E-state index in [4.69, 9.17) is 5.11 Å². The van der Waals surface area contributed by atoms with Crippen molar-refractivity contribution in [1.82, 2.24) is 10.3 Å². The van der Waals surface area contributed by atoms with E-state index < -0.39 is 17.9 Å². The van der Waals surface area contributed by atoms with Gasteiger partial charge in [0.25, 0.3) is 0 Å². The van der Waals surface area contributed by atoms with Crippen LogP contribution in [0.5, 0.6) is 0 Å². The fourth-order valence-corrected chi connectivity index (χ4v) is 1.99. The largest absolute Gasteiger partial charge is 0.480 e. The normalized spacial score (nSPS) is 12.3. The third kappa shape index (κ3) is 2.90. The average molecular weight is 264 g/mol. The lowest BCUT2D eigenvalue weighted by atomic mass is 10.0. The van der Waals surface area contributed by atoms with Gasteiger partial charge in [-0.25, -0.2) is 9.18 Å². The van der Waals surface area contributed by atoms with Crippen molar-refractivity contribution >= 4 is 22.8 Å². The number of carbonyl (C=O) groups excluding carboxylic acids is 1. The number of fused-ring (bicyclic) bond motifs is 1. The molecule has 5 nitrogen and oxygen atoms in total. The first-order valence-electron chi connectivity index (χ1n) is 5.73. The Morgan fingerprint density at radius 1 is 1.47 bits per heavy atom. The molecule has 1 heterocycles. The molecular formula is C13H13FN2O3. The summed E-state index contributed by atoms with van der Waals surface area (Å²) in [6.07, 6.45) is 1.77. The topological polar surface area (TPSA) is 82.2 Å². The van der Waals surface area contributed by atoms with Crippen molar-refractivity contribution in [3.8, 4) is 0 Å². The van der Waals surface area contributed by atoms with Crippen molar-refractivity contribution in [2.45, 2.75) is 19.4 Å². The van der Waals surface area contributed by atoms with E-state index in [0.29, 0.717) is 5.52 Å². The molecule has 0 spiro atoms. The third-order valence-electron chi connectivity index (χ3n) is 2.83. The Bertz CT molecular complexity index is 636. The number of aliphatic carboxylic acids is 1. The summed E-state index contributed by atoms with van der Waals surface area (Å²) in [5.74, 6) is -1.87. The SMILES string of the molecule is CC(=O)N[C@@H](Cc1c[nH]c2cc(F)ccc12)C(=O)O. The van der Waals surface area contributed by atoms with E-state index in [1.54, 1.807) is 12.3 Å². The molecule has 100 valence electrons. The smallest absolute Gasteiger partial charge is 0.326 e. The third-order valence-corrected chi connectivity index (χ3v) is 2.83. The Hall–Kier alpha value is -2.37. The lowest BCUT2D eigenvalue weighted by Crippen LogP contribution is -2.41. The number of H-pyrrole nitrogens is 1. The highest BCUT2D eigenvalue weighted by atomic mass is 19.1. The summed E-state index contributed by atoms with van der Waals surface area (Å²) in [5.41, 5.74) is 1.32. The Labute approximate surface area is 108 Å². The van der Waals surface area contributed by atoms with Gasteiger partial charge in [-0.3, -0.25) is 4.79 Å². The molecule has 0 unspecified atom stereocenters. The molecule has 1 aromatic carbocycles. The van der Waals surface area contributed by atoms with Gasteiger partial charge in [0.2, 0.25) is 5.91 Å². The molecule has 1 amide bonds. The molecule has 0 saturated carbocycles. The van der Waals surface area contributed by atoms with Gasteiger partial charge >= 0.3 is 5.97 Å². The Kier molecular flexibility index (Phi) is 3.50. The summed E-state index contributed by atoms with van der Waals surface area (Å²) >= 11 is 0. The summed E-state index contributed by atoms with van der Waals surface area (Å²) < 4.78 is 13.0. The maximum absolute atomic E-state index is 13.0. The molecule has 0 aliphatic carbocycles. The van der Waals surface area contributed by atoms with Crippen LogP contribution < -0.4 is 5.32 Å².